The van der Waals surface area contributed by atoms with E-state index < -0.39 is 17.8 Å². The monoisotopic (exact) mass is 281 g/mol. The second-order valence-electron chi connectivity index (χ2n) is 5.66. The number of hydrogen-bond acceptors (Lipinski definition) is 2. The highest BCUT2D eigenvalue weighted by molar-refractivity contribution is 5.85. The number of rotatable bonds is 8. The minimum Gasteiger partial charge on any atom is -0.481 e. The molecule has 0 aromatic carbocycles. The molecule has 1 aliphatic rings. The van der Waals surface area contributed by atoms with Crippen molar-refractivity contribution in [2.75, 3.05) is 6.54 Å². The van der Waals surface area contributed by atoms with Crippen molar-refractivity contribution in [3.63, 3.8) is 0 Å². The zero-order valence-electron chi connectivity index (χ0n) is 12.6. The number of hydrogen-bond donors (Lipinski definition) is 2. The summed E-state index contributed by atoms with van der Waals surface area (Å²) in [4.78, 5) is 23.4. The largest absolute Gasteiger partial charge is 0.481 e. The van der Waals surface area contributed by atoms with E-state index in [0.29, 0.717) is 25.3 Å². The fourth-order valence-electron chi connectivity index (χ4n) is 2.70. The Morgan fingerprint density at radius 3 is 2.45 bits per heavy atom. The van der Waals surface area contributed by atoms with Crippen molar-refractivity contribution in [3.05, 3.63) is 12.2 Å². The summed E-state index contributed by atoms with van der Waals surface area (Å²) in [7, 11) is 0. The molecule has 0 heterocycles. The maximum absolute atomic E-state index is 12.2. The highest BCUT2D eigenvalue weighted by atomic mass is 16.4. The fourth-order valence-corrected chi connectivity index (χ4v) is 2.70. The average Bonchev–Trinajstić information content (AvgIpc) is 2.47. The molecule has 0 radical (unpaired) electrons. The molecule has 0 aromatic rings. The van der Waals surface area contributed by atoms with Gasteiger partial charge in [-0.05, 0) is 25.2 Å². The number of unbranched alkanes of at least 4 members (excludes halogenated alkanes) is 1. The highest BCUT2D eigenvalue weighted by Crippen LogP contribution is 2.26. The van der Waals surface area contributed by atoms with Gasteiger partial charge in [0.2, 0.25) is 5.91 Å². The molecule has 0 unspecified atom stereocenters. The lowest BCUT2D eigenvalue weighted by atomic mass is 9.82. The summed E-state index contributed by atoms with van der Waals surface area (Å²) < 4.78 is 0. The van der Waals surface area contributed by atoms with Gasteiger partial charge in [-0.25, -0.2) is 0 Å². The average molecular weight is 281 g/mol. The lowest BCUT2D eigenvalue weighted by Crippen LogP contribution is -2.40. The number of carboxylic acid groups (broad SMARTS) is 1. The third-order valence-corrected chi connectivity index (χ3v) is 4.19. The molecule has 1 rings (SSSR count). The van der Waals surface area contributed by atoms with Gasteiger partial charge in [0.1, 0.15) is 0 Å². The summed E-state index contributed by atoms with van der Waals surface area (Å²) >= 11 is 0. The van der Waals surface area contributed by atoms with Crippen molar-refractivity contribution >= 4 is 11.9 Å². The normalized spacial score (nSPS) is 23.3. The number of carbonyl (C=O) groups is 2. The number of carbonyl (C=O) groups excluding carboxylic acids is 1. The molecule has 1 amide bonds. The van der Waals surface area contributed by atoms with Crippen LogP contribution in [0.25, 0.3) is 0 Å². The molecular formula is C16H27NO3. The van der Waals surface area contributed by atoms with Gasteiger partial charge >= 0.3 is 5.97 Å². The molecule has 20 heavy (non-hydrogen) atoms. The molecule has 0 saturated carbocycles. The molecule has 0 fully saturated rings. The van der Waals surface area contributed by atoms with E-state index in [-0.39, 0.29) is 5.91 Å². The Morgan fingerprint density at radius 1 is 1.25 bits per heavy atom. The van der Waals surface area contributed by atoms with Gasteiger partial charge in [0.15, 0.2) is 0 Å². The zero-order valence-corrected chi connectivity index (χ0v) is 12.6. The van der Waals surface area contributed by atoms with Crippen LogP contribution in [0.1, 0.15) is 52.4 Å². The third kappa shape index (κ3) is 4.99. The summed E-state index contributed by atoms with van der Waals surface area (Å²) in [6.07, 6.45) is 9.29. The van der Waals surface area contributed by atoms with Crippen molar-refractivity contribution in [1.82, 2.24) is 5.32 Å². The van der Waals surface area contributed by atoms with Crippen molar-refractivity contribution in [2.24, 2.45) is 17.8 Å². The Kier molecular flexibility index (Phi) is 7.34. The second kappa shape index (κ2) is 8.77. The van der Waals surface area contributed by atoms with E-state index in [1.54, 1.807) is 0 Å². The summed E-state index contributed by atoms with van der Waals surface area (Å²) in [6, 6.07) is 0. The van der Waals surface area contributed by atoms with Gasteiger partial charge in [0, 0.05) is 6.54 Å². The van der Waals surface area contributed by atoms with Crippen molar-refractivity contribution in [1.29, 1.82) is 0 Å². The van der Waals surface area contributed by atoms with Crippen LogP contribution in [-0.4, -0.2) is 23.5 Å². The van der Waals surface area contributed by atoms with Gasteiger partial charge in [0.25, 0.3) is 0 Å². The quantitative estimate of drug-likeness (QED) is 0.672. The predicted octanol–water partition coefficient (Wildman–Crippen LogP) is 2.99. The predicted molar refractivity (Wildman–Crippen MR) is 79.3 cm³/mol. The van der Waals surface area contributed by atoms with Crippen LogP contribution in [0, 0.1) is 17.8 Å². The first kappa shape index (κ1) is 16.7. The number of allylic oxidation sites excluding steroid dienone is 2. The van der Waals surface area contributed by atoms with Gasteiger partial charge in [-0.1, -0.05) is 45.3 Å². The molecule has 4 nitrogen and oxygen atoms in total. The van der Waals surface area contributed by atoms with Gasteiger partial charge in [-0.3, -0.25) is 9.59 Å². The number of carboxylic acids is 1. The molecule has 0 saturated heterocycles. The highest BCUT2D eigenvalue weighted by Gasteiger charge is 2.33. The number of nitrogens with one attached hydrogen (secondary N) is 1. The van der Waals surface area contributed by atoms with E-state index in [1.807, 2.05) is 12.2 Å². The molecule has 0 aliphatic heterocycles. The smallest absolute Gasteiger partial charge is 0.307 e. The summed E-state index contributed by atoms with van der Waals surface area (Å²) in [5.74, 6) is -1.46. The Hall–Kier alpha value is -1.32. The van der Waals surface area contributed by atoms with Crippen LogP contribution < -0.4 is 5.32 Å². The Bertz CT molecular complexity index is 352. The molecular weight excluding hydrogens is 254 g/mol. The molecule has 0 aromatic heterocycles. The minimum absolute atomic E-state index is 0.100. The minimum atomic E-state index is -0.868. The lowest BCUT2D eigenvalue weighted by molar-refractivity contribution is -0.147. The summed E-state index contributed by atoms with van der Waals surface area (Å²) in [5.41, 5.74) is 0. The van der Waals surface area contributed by atoms with Crippen molar-refractivity contribution < 1.29 is 14.7 Å². The van der Waals surface area contributed by atoms with Gasteiger partial charge in [-0.15, -0.1) is 0 Å². The SMILES string of the molecule is CCCC[C@H](CC)CNC(=O)[C@@H]1CC=CC[C@H]1C(=O)O. The molecule has 0 bridgehead atoms. The maximum Gasteiger partial charge on any atom is 0.307 e. The first-order chi connectivity index (χ1) is 9.60. The molecule has 2 N–H and O–H groups in total. The van der Waals surface area contributed by atoms with Gasteiger partial charge < -0.3 is 10.4 Å². The first-order valence-electron chi connectivity index (χ1n) is 7.75. The summed E-state index contributed by atoms with van der Waals surface area (Å²) in [5, 5.41) is 12.1. The Morgan fingerprint density at radius 2 is 1.90 bits per heavy atom. The van der Waals surface area contributed by atoms with Crippen molar-refractivity contribution in [2.45, 2.75) is 52.4 Å². The Labute approximate surface area is 121 Å². The van der Waals surface area contributed by atoms with E-state index in [0.717, 1.165) is 12.8 Å². The standard InChI is InChI=1S/C16H27NO3/c1-3-5-8-12(4-2)11-17-15(18)13-9-6-7-10-14(13)16(19)20/h6-7,12-14H,3-5,8-11H2,1-2H3,(H,17,18)(H,19,20)/t12-,13+,14+/m0/s1. The molecule has 0 spiro atoms. The van der Waals surface area contributed by atoms with Crippen LogP contribution in [0.3, 0.4) is 0 Å². The molecule has 114 valence electrons. The number of aliphatic carboxylic acids is 1. The zero-order chi connectivity index (χ0) is 15.0. The van der Waals surface area contributed by atoms with Crippen molar-refractivity contribution in [3.8, 4) is 0 Å². The fraction of sp³-hybridized carbons (Fsp3) is 0.750. The first-order valence-corrected chi connectivity index (χ1v) is 7.75. The second-order valence-corrected chi connectivity index (χ2v) is 5.66. The molecule has 3 atom stereocenters. The van der Waals surface area contributed by atoms with E-state index in [2.05, 4.69) is 19.2 Å². The van der Waals surface area contributed by atoms with E-state index in [4.69, 9.17) is 0 Å². The van der Waals surface area contributed by atoms with Crippen LogP contribution in [0.5, 0.6) is 0 Å². The topological polar surface area (TPSA) is 66.4 Å². The van der Waals surface area contributed by atoms with Gasteiger partial charge in [-0.2, -0.15) is 0 Å². The van der Waals surface area contributed by atoms with E-state index >= 15 is 0 Å². The van der Waals surface area contributed by atoms with Crippen LogP contribution in [0.15, 0.2) is 12.2 Å². The van der Waals surface area contributed by atoms with Crippen LogP contribution in [-0.2, 0) is 9.59 Å². The van der Waals surface area contributed by atoms with Crippen LogP contribution in [0.2, 0.25) is 0 Å². The van der Waals surface area contributed by atoms with E-state index in [9.17, 15) is 14.7 Å². The van der Waals surface area contributed by atoms with E-state index in [1.165, 1.54) is 12.8 Å². The molecule has 1 aliphatic carbocycles. The van der Waals surface area contributed by atoms with Gasteiger partial charge in [0.05, 0.1) is 11.8 Å². The summed E-state index contributed by atoms with van der Waals surface area (Å²) in [6.45, 7) is 4.97. The Balaban J connectivity index is 2.48. The number of amides is 1. The van der Waals surface area contributed by atoms with Crippen LogP contribution >= 0.6 is 0 Å². The maximum atomic E-state index is 12.2. The lowest BCUT2D eigenvalue weighted by Gasteiger charge is -2.25. The third-order valence-electron chi connectivity index (χ3n) is 4.19. The molecule has 4 heteroatoms. The van der Waals surface area contributed by atoms with Crippen LogP contribution in [0.4, 0.5) is 0 Å².